The Kier molecular flexibility index (Phi) is 9.59. The van der Waals surface area contributed by atoms with E-state index in [0.717, 1.165) is 19.6 Å². The number of nitrogens with two attached hydrogens (primary N) is 1. The lowest BCUT2D eigenvalue weighted by Gasteiger charge is -2.23. The number of hydrogen-bond donors (Lipinski definition) is 2. The van der Waals surface area contributed by atoms with Crippen molar-refractivity contribution in [3.05, 3.63) is 0 Å². The molecule has 2 rings (SSSR count). The van der Waals surface area contributed by atoms with Gasteiger partial charge in [-0.15, -0.1) is 24.0 Å². The molecule has 0 aromatic rings. The second-order valence-corrected chi connectivity index (χ2v) is 5.88. The molecule has 0 bridgehead atoms. The molecule has 2 fully saturated rings. The molecule has 0 unspecified atom stereocenters. The SMILES string of the molecule is I.NC(=NCCCOC1CCCC1)NC1CCCCC1. The van der Waals surface area contributed by atoms with E-state index in [9.17, 15) is 0 Å². The van der Waals surface area contributed by atoms with Crippen molar-refractivity contribution in [3.63, 3.8) is 0 Å². The average molecular weight is 395 g/mol. The molecule has 0 radical (unpaired) electrons. The van der Waals surface area contributed by atoms with E-state index in [1.165, 1.54) is 57.8 Å². The number of rotatable bonds is 6. The predicted molar refractivity (Wildman–Crippen MR) is 94.7 cm³/mol. The molecule has 118 valence electrons. The van der Waals surface area contributed by atoms with Crippen molar-refractivity contribution < 1.29 is 4.74 Å². The van der Waals surface area contributed by atoms with Crippen LogP contribution in [0.5, 0.6) is 0 Å². The van der Waals surface area contributed by atoms with Crippen LogP contribution in [0.1, 0.15) is 64.2 Å². The first-order valence-electron chi connectivity index (χ1n) is 8.02. The fraction of sp³-hybridized carbons (Fsp3) is 0.933. The Hall–Kier alpha value is -0.0400. The fourth-order valence-electron chi connectivity index (χ4n) is 3.07. The Labute approximate surface area is 140 Å². The number of aliphatic imine (C=N–C) groups is 1. The number of halogens is 1. The molecule has 0 heterocycles. The number of hydrogen-bond acceptors (Lipinski definition) is 2. The van der Waals surface area contributed by atoms with Gasteiger partial charge in [-0.25, -0.2) is 0 Å². The highest BCUT2D eigenvalue weighted by Gasteiger charge is 2.15. The van der Waals surface area contributed by atoms with Crippen molar-refractivity contribution in [1.82, 2.24) is 5.32 Å². The van der Waals surface area contributed by atoms with E-state index in [2.05, 4.69) is 10.3 Å². The van der Waals surface area contributed by atoms with Crippen LogP contribution < -0.4 is 11.1 Å². The Bertz CT molecular complexity index is 274. The smallest absolute Gasteiger partial charge is 0.188 e. The molecular formula is C15H30IN3O. The highest BCUT2D eigenvalue weighted by molar-refractivity contribution is 14.0. The molecule has 4 nitrogen and oxygen atoms in total. The van der Waals surface area contributed by atoms with Gasteiger partial charge in [-0.05, 0) is 32.1 Å². The zero-order valence-electron chi connectivity index (χ0n) is 12.5. The minimum atomic E-state index is 0. The van der Waals surface area contributed by atoms with Crippen molar-refractivity contribution in [3.8, 4) is 0 Å². The van der Waals surface area contributed by atoms with Crippen LogP contribution >= 0.6 is 24.0 Å². The number of nitrogens with one attached hydrogen (secondary N) is 1. The first kappa shape index (κ1) is 18.0. The Morgan fingerprint density at radius 1 is 1.05 bits per heavy atom. The molecule has 5 heteroatoms. The van der Waals surface area contributed by atoms with Crippen LogP contribution in [0.2, 0.25) is 0 Å². The van der Waals surface area contributed by atoms with E-state index < -0.39 is 0 Å². The van der Waals surface area contributed by atoms with Gasteiger partial charge in [0.25, 0.3) is 0 Å². The molecule has 3 N–H and O–H groups in total. The zero-order valence-corrected chi connectivity index (χ0v) is 14.8. The van der Waals surface area contributed by atoms with Gasteiger partial charge in [-0.1, -0.05) is 32.1 Å². The average Bonchev–Trinajstić information content (AvgIpc) is 2.92. The number of ether oxygens (including phenoxy) is 1. The normalized spacial score (nSPS) is 21.7. The first-order chi connectivity index (χ1) is 9.34. The fourth-order valence-corrected chi connectivity index (χ4v) is 3.07. The van der Waals surface area contributed by atoms with Gasteiger partial charge in [0.05, 0.1) is 6.10 Å². The maximum absolute atomic E-state index is 5.91. The molecule has 0 aromatic carbocycles. The van der Waals surface area contributed by atoms with E-state index >= 15 is 0 Å². The lowest BCUT2D eigenvalue weighted by Crippen LogP contribution is -2.41. The van der Waals surface area contributed by atoms with Crippen LogP contribution in [0, 0.1) is 0 Å². The van der Waals surface area contributed by atoms with E-state index in [0.29, 0.717) is 18.1 Å². The van der Waals surface area contributed by atoms with Crippen molar-refractivity contribution in [2.75, 3.05) is 13.2 Å². The summed E-state index contributed by atoms with van der Waals surface area (Å²) >= 11 is 0. The maximum Gasteiger partial charge on any atom is 0.188 e. The van der Waals surface area contributed by atoms with E-state index in [-0.39, 0.29) is 24.0 Å². The maximum atomic E-state index is 5.91. The molecule has 2 aliphatic rings. The monoisotopic (exact) mass is 395 g/mol. The van der Waals surface area contributed by atoms with Gasteiger partial charge in [-0.2, -0.15) is 0 Å². The number of guanidine groups is 1. The number of nitrogens with zero attached hydrogens (tertiary/aromatic N) is 1. The topological polar surface area (TPSA) is 59.6 Å². The van der Waals surface area contributed by atoms with Crippen LogP contribution in [0.25, 0.3) is 0 Å². The summed E-state index contributed by atoms with van der Waals surface area (Å²) in [5, 5.41) is 3.34. The molecular weight excluding hydrogens is 365 g/mol. The standard InChI is InChI=1S/C15H29N3O.HI/c16-15(18-13-7-2-1-3-8-13)17-11-6-12-19-14-9-4-5-10-14;/h13-14H,1-12H2,(H3,16,17,18);1H. The molecule has 2 aliphatic carbocycles. The van der Waals surface area contributed by atoms with Gasteiger partial charge in [0.2, 0.25) is 0 Å². The summed E-state index contributed by atoms with van der Waals surface area (Å²) in [6, 6.07) is 0.548. The van der Waals surface area contributed by atoms with Crippen molar-refractivity contribution in [1.29, 1.82) is 0 Å². The summed E-state index contributed by atoms with van der Waals surface area (Å²) in [6.45, 7) is 1.60. The molecule has 20 heavy (non-hydrogen) atoms. The Balaban J connectivity index is 0.00000200. The minimum absolute atomic E-state index is 0. The van der Waals surface area contributed by atoms with Gasteiger partial charge >= 0.3 is 0 Å². The van der Waals surface area contributed by atoms with Gasteiger partial charge in [0.15, 0.2) is 5.96 Å². The third-order valence-electron chi connectivity index (χ3n) is 4.20. The molecule has 0 aliphatic heterocycles. The minimum Gasteiger partial charge on any atom is -0.378 e. The lowest BCUT2D eigenvalue weighted by molar-refractivity contribution is 0.0579. The highest BCUT2D eigenvalue weighted by atomic mass is 127. The van der Waals surface area contributed by atoms with E-state index in [4.69, 9.17) is 10.5 Å². The summed E-state index contributed by atoms with van der Waals surface area (Å²) in [5.74, 6) is 0.618. The van der Waals surface area contributed by atoms with Crippen molar-refractivity contribution in [2.45, 2.75) is 76.4 Å². The molecule has 0 atom stereocenters. The summed E-state index contributed by atoms with van der Waals surface area (Å²) in [4.78, 5) is 4.39. The molecule has 0 saturated heterocycles. The van der Waals surface area contributed by atoms with Gasteiger partial charge < -0.3 is 15.8 Å². The summed E-state index contributed by atoms with van der Waals surface area (Å²) in [7, 11) is 0. The summed E-state index contributed by atoms with van der Waals surface area (Å²) in [6.07, 6.45) is 13.1. The first-order valence-corrected chi connectivity index (χ1v) is 8.02. The Morgan fingerprint density at radius 2 is 1.70 bits per heavy atom. The van der Waals surface area contributed by atoms with Crippen LogP contribution in [0.15, 0.2) is 4.99 Å². The second-order valence-electron chi connectivity index (χ2n) is 5.88. The lowest BCUT2D eigenvalue weighted by atomic mass is 9.96. The second kappa shape index (κ2) is 10.7. The third-order valence-corrected chi connectivity index (χ3v) is 4.20. The van der Waals surface area contributed by atoms with Gasteiger partial charge in [0.1, 0.15) is 0 Å². The summed E-state index contributed by atoms with van der Waals surface area (Å²) < 4.78 is 5.80. The van der Waals surface area contributed by atoms with E-state index in [1.54, 1.807) is 0 Å². The quantitative estimate of drug-likeness (QED) is 0.314. The van der Waals surface area contributed by atoms with Crippen LogP contribution in [0.3, 0.4) is 0 Å². The van der Waals surface area contributed by atoms with Crippen LogP contribution in [-0.2, 0) is 4.74 Å². The van der Waals surface area contributed by atoms with Crippen LogP contribution in [-0.4, -0.2) is 31.3 Å². The highest BCUT2D eigenvalue weighted by Crippen LogP contribution is 2.20. The van der Waals surface area contributed by atoms with Gasteiger partial charge in [0, 0.05) is 19.2 Å². The Morgan fingerprint density at radius 3 is 2.40 bits per heavy atom. The zero-order chi connectivity index (χ0) is 13.3. The predicted octanol–water partition coefficient (Wildman–Crippen LogP) is 3.19. The molecule has 0 aromatic heterocycles. The molecule has 2 saturated carbocycles. The molecule has 0 spiro atoms. The summed E-state index contributed by atoms with van der Waals surface area (Å²) in [5.41, 5.74) is 5.91. The van der Waals surface area contributed by atoms with Crippen LogP contribution in [0.4, 0.5) is 0 Å². The van der Waals surface area contributed by atoms with Crippen molar-refractivity contribution in [2.24, 2.45) is 10.7 Å². The van der Waals surface area contributed by atoms with Gasteiger partial charge in [-0.3, -0.25) is 4.99 Å². The van der Waals surface area contributed by atoms with E-state index in [1.807, 2.05) is 0 Å². The third kappa shape index (κ3) is 7.11. The largest absolute Gasteiger partial charge is 0.378 e. The molecule has 0 amide bonds. The van der Waals surface area contributed by atoms with Crippen molar-refractivity contribution >= 4 is 29.9 Å².